The Hall–Kier alpha value is -0.950. The molecule has 1 aliphatic carbocycles. The molecule has 5 nitrogen and oxygen atoms in total. The summed E-state index contributed by atoms with van der Waals surface area (Å²) in [6, 6.07) is 4.06. The van der Waals surface area contributed by atoms with E-state index in [0.29, 0.717) is 30.4 Å². The molecule has 1 heterocycles. The lowest BCUT2D eigenvalue weighted by Crippen LogP contribution is -2.49. The third-order valence-corrected chi connectivity index (χ3v) is 7.80. The molecule has 3 rings (SSSR count). The Bertz CT molecular complexity index is 787. The Morgan fingerprint density at radius 2 is 1.41 bits per heavy atom. The Balaban J connectivity index is 1.95. The van der Waals surface area contributed by atoms with Gasteiger partial charge in [0.25, 0.3) is 0 Å². The van der Waals surface area contributed by atoms with Crippen LogP contribution in [0.15, 0.2) is 17.0 Å². The molecule has 1 saturated carbocycles. The maximum Gasteiger partial charge on any atom is 0.241 e. The second-order valence-corrected chi connectivity index (χ2v) is 11.1. The summed E-state index contributed by atoms with van der Waals surface area (Å²) in [5.41, 5.74) is 3.03. The highest BCUT2D eigenvalue weighted by Crippen LogP contribution is 2.36. The van der Waals surface area contributed by atoms with E-state index in [1.165, 1.54) is 5.56 Å². The van der Waals surface area contributed by atoms with Crippen LogP contribution in [0.4, 0.5) is 0 Å². The third-order valence-electron chi connectivity index (χ3n) is 6.15. The van der Waals surface area contributed by atoms with Gasteiger partial charge in [0.15, 0.2) is 0 Å². The van der Waals surface area contributed by atoms with Crippen molar-refractivity contribution in [2.45, 2.75) is 102 Å². The number of hydrogen-bond acceptors (Lipinski definition) is 4. The first-order valence-corrected chi connectivity index (χ1v) is 12.5. The highest BCUT2D eigenvalue weighted by atomic mass is 32.2. The van der Waals surface area contributed by atoms with Crippen LogP contribution < -0.4 is 4.72 Å². The normalized spacial score (nSPS) is 25.6. The molecule has 0 aromatic heterocycles. The fourth-order valence-electron chi connectivity index (χ4n) is 4.45. The first-order chi connectivity index (χ1) is 13.6. The fourth-order valence-corrected chi connectivity index (χ4v) is 6.43. The molecule has 1 aliphatic heterocycles. The summed E-state index contributed by atoms with van der Waals surface area (Å²) >= 11 is 0. The molecule has 1 N–H and O–H groups in total. The molecule has 29 heavy (non-hydrogen) atoms. The largest absolute Gasteiger partial charge is 0.373 e. The van der Waals surface area contributed by atoms with Gasteiger partial charge in [-0.2, -0.15) is 0 Å². The van der Waals surface area contributed by atoms with Crippen molar-refractivity contribution in [2.24, 2.45) is 0 Å². The lowest BCUT2D eigenvalue weighted by molar-refractivity contribution is -0.156. The Labute approximate surface area is 176 Å². The zero-order valence-electron chi connectivity index (χ0n) is 18.7. The van der Waals surface area contributed by atoms with Crippen LogP contribution in [0.25, 0.3) is 0 Å². The van der Waals surface area contributed by atoms with Crippen LogP contribution >= 0.6 is 0 Å². The molecule has 1 saturated heterocycles. The lowest BCUT2D eigenvalue weighted by Gasteiger charge is -2.39. The van der Waals surface area contributed by atoms with Crippen LogP contribution in [0.3, 0.4) is 0 Å². The Kier molecular flexibility index (Phi) is 7.09. The number of benzene rings is 1. The van der Waals surface area contributed by atoms with Gasteiger partial charge in [-0.15, -0.1) is 0 Å². The number of fused-ring (bicyclic) bond motifs is 1. The first-order valence-electron chi connectivity index (χ1n) is 11.0. The molecule has 3 unspecified atom stereocenters. The summed E-state index contributed by atoms with van der Waals surface area (Å²) in [7, 11) is -3.64. The van der Waals surface area contributed by atoms with Crippen LogP contribution in [0.2, 0.25) is 0 Å². The van der Waals surface area contributed by atoms with Gasteiger partial charge in [-0.05, 0) is 53.7 Å². The summed E-state index contributed by atoms with van der Waals surface area (Å²) in [4.78, 5) is 0.481. The minimum Gasteiger partial charge on any atom is -0.373 e. The van der Waals surface area contributed by atoms with E-state index in [4.69, 9.17) is 9.47 Å². The van der Waals surface area contributed by atoms with Crippen molar-refractivity contribution in [1.82, 2.24) is 4.72 Å². The van der Waals surface area contributed by atoms with Crippen LogP contribution in [0.5, 0.6) is 0 Å². The van der Waals surface area contributed by atoms with Crippen LogP contribution in [0.1, 0.15) is 95.2 Å². The molecule has 1 aromatic rings. The average Bonchev–Trinajstić information content (AvgIpc) is 2.66. The maximum atomic E-state index is 13.6. The van der Waals surface area contributed by atoms with Gasteiger partial charge < -0.3 is 9.47 Å². The Morgan fingerprint density at radius 1 is 0.862 bits per heavy atom. The molecule has 2 fully saturated rings. The summed E-state index contributed by atoms with van der Waals surface area (Å²) in [5, 5.41) is 0. The molecule has 0 radical (unpaired) electrons. The van der Waals surface area contributed by atoms with Gasteiger partial charge in [0, 0.05) is 6.04 Å². The molecule has 2 aliphatic rings. The van der Waals surface area contributed by atoms with Crippen molar-refractivity contribution < 1.29 is 17.9 Å². The second kappa shape index (κ2) is 9.04. The van der Waals surface area contributed by atoms with Gasteiger partial charge in [0.05, 0.1) is 30.3 Å². The average molecular weight is 424 g/mol. The Morgan fingerprint density at radius 3 is 1.93 bits per heavy atom. The van der Waals surface area contributed by atoms with Crippen molar-refractivity contribution in [3.05, 3.63) is 28.8 Å². The van der Waals surface area contributed by atoms with Crippen molar-refractivity contribution in [3.63, 3.8) is 0 Å². The molecule has 6 heteroatoms. The number of ether oxygens (including phenoxy) is 2. The van der Waals surface area contributed by atoms with E-state index in [9.17, 15) is 8.42 Å². The SMILES string of the molecule is CC(C)c1cc(C(C)C)c(S(=O)(=O)NC2CCC3OCCOC3C2)c(C(C)C)c1. The number of sulfonamides is 1. The first kappa shape index (κ1) is 22.7. The van der Waals surface area contributed by atoms with E-state index in [1.54, 1.807) is 0 Å². The number of nitrogens with one attached hydrogen (secondary N) is 1. The highest BCUT2D eigenvalue weighted by molar-refractivity contribution is 7.89. The summed E-state index contributed by atoms with van der Waals surface area (Å²) in [5.74, 6) is 0.612. The van der Waals surface area contributed by atoms with Gasteiger partial charge in [-0.1, -0.05) is 53.7 Å². The molecule has 164 valence electrons. The number of hydrogen-bond donors (Lipinski definition) is 1. The molecule has 0 spiro atoms. The van der Waals surface area contributed by atoms with Gasteiger partial charge in [-0.3, -0.25) is 0 Å². The summed E-state index contributed by atoms with van der Waals surface area (Å²) in [6.07, 6.45) is 2.37. The second-order valence-electron chi connectivity index (χ2n) is 9.44. The maximum absolute atomic E-state index is 13.6. The topological polar surface area (TPSA) is 64.6 Å². The summed E-state index contributed by atoms with van der Waals surface area (Å²) < 4.78 is 41.9. The van der Waals surface area contributed by atoms with Crippen LogP contribution in [-0.2, 0) is 19.5 Å². The zero-order chi connectivity index (χ0) is 21.3. The minimum atomic E-state index is -3.64. The van der Waals surface area contributed by atoms with Crippen molar-refractivity contribution in [2.75, 3.05) is 13.2 Å². The van der Waals surface area contributed by atoms with E-state index < -0.39 is 10.0 Å². The van der Waals surface area contributed by atoms with Crippen molar-refractivity contribution in [1.29, 1.82) is 0 Å². The molecule has 3 atom stereocenters. The van der Waals surface area contributed by atoms with E-state index in [2.05, 4.69) is 58.4 Å². The van der Waals surface area contributed by atoms with Crippen LogP contribution in [0, 0.1) is 0 Å². The molecular weight excluding hydrogens is 386 g/mol. The quantitative estimate of drug-likeness (QED) is 0.722. The predicted molar refractivity (Wildman–Crippen MR) is 116 cm³/mol. The molecule has 0 amide bonds. The van der Waals surface area contributed by atoms with Gasteiger partial charge in [-0.25, -0.2) is 13.1 Å². The van der Waals surface area contributed by atoms with Gasteiger partial charge in [0.2, 0.25) is 10.0 Å². The smallest absolute Gasteiger partial charge is 0.241 e. The number of rotatable bonds is 6. The van der Waals surface area contributed by atoms with E-state index in [1.807, 2.05) is 0 Å². The van der Waals surface area contributed by atoms with E-state index in [0.717, 1.165) is 24.0 Å². The molecule has 0 bridgehead atoms. The van der Waals surface area contributed by atoms with Crippen LogP contribution in [-0.4, -0.2) is 39.9 Å². The summed E-state index contributed by atoms with van der Waals surface area (Å²) in [6.45, 7) is 13.8. The minimum absolute atomic E-state index is 0.0114. The van der Waals surface area contributed by atoms with Gasteiger partial charge >= 0.3 is 0 Å². The van der Waals surface area contributed by atoms with Crippen molar-refractivity contribution >= 4 is 10.0 Å². The zero-order valence-corrected chi connectivity index (χ0v) is 19.5. The molecular formula is C23H37NO4S. The third kappa shape index (κ3) is 5.04. The van der Waals surface area contributed by atoms with Crippen molar-refractivity contribution in [3.8, 4) is 0 Å². The monoisotopic (exact) mass is 423 g/mol. The fraction of sp³-hybridized carbons (Fsp3) is 0.739. The molecule has 1 aromatic carbocycles. The van der Waals surface area contributed by atoms with E-state index in [-0.39, 0.29) is 30.1 Å². The lowest BCUT2D eigenvalue weighted by atomic mass is 9.89. The van der Waals surface area contributed by atoms with Gasteiger partial charge in [0.1, 0.15) is 0 Å². The van der Waals surface area contributed by atoms with E-state index >= 15 is 0 Å². The standard InChI is InChI=1S/C23H37NO4S/c1-14(2)17-11-19(15(3)4)23(20(12-17)16(5)6)29(25,26)24-18-7-8-21-22(13-18)28-10-9-27-21/h11-12,14-16,18,21-22,24H,7-10,13H2,1-6H3. The predicted octanol–water partition coefficient (Wildman–Crippen LogP) is 4.67. The highest BCUT2D eigenvalue weighted by Gasteiger charge is 2.37.